The zero-order chi connectivity index (χ0) is 3.41. The van der Waals surface area contributed by atoms with E-state index in [9.17, 15) is 0 Å². The quantitative estimate of drug-likeness (QED) is 0.233. The van der Waals surface area contributed by atoms with Crippen LogP contribution in [0.3, 0.4) is 0 Å². The minimum Gasteiger partial charge on any atom is -0.324 e. The summed E-state index contributed by atoms with van der Waals surface area (Å²) in [6.45, 7) is 3.19. The van der Waals surface area contributed by atoms with Gasteiger partial charge in [-0.1, -0.05) is 0 Å². The number of hydrogen-bond donors (Lipinski definition) is 1. The average Bonchev–Trinajstić information content (AvgIpc) is 1.37. The molecule has 0 aromatic carbocycles. The number of rotatable bonds is 0. The maximum atomic E-state index is 4.53. The van der Waals surface area contributed by atoms with Crippen LogP contribution in [0.2, 0.25) is 0 Å². The highest BCUT2D eigenvalue weighted by atomic mass is 15.1. The zero-order valence-corrected chi connectivity index (χ0v) is 2.31. The molecular weight excluding hydrogens is 52.0 g/mol. The Balaban J connectivity index is 2.55. The van der Waals surface area contributed by atoms with Crippen LogP contribution in [0.15, 0.2) is 5.10 Å². The minimum absolute atomic E-state index is 1.28. The van der Waals surface area contributed by atoms with E-state index in [0.29, 0.717) is 0 Å². The highest BCUT2D eigenvalue weighted by Crippen LogP contribution is 1.29. The number of hydrogen-bond acceptors (Lipinski definition) is 2. The van der Waals surface area contributed by atoms with Gasteiger partial charge in [0.2, 0.25) is 0 Å². The Morgan fingerprint density at radius 2 is 2.25 bits per heavy atom. The van der Waals surface area contributed by atoms with Gasteiger partial charge in [0.25, 0.3) is 0 Å². The lowest BCUT2D eigenvalue weighted by Crippen LogP contribution is -1.74. The van der Waals surface area contributed by atoms with E-state index >= 15 is 0 Å². The van der Waals surface area contributed by atoms with Gasteiger partial charge in [-0.2, -0.15) is 5.10 Å². The van der Waals surface area contributed by atoms with Crippen LogP contribution < -0.4 is 5.84 Å². The molecule has 2 N–H and O–H groups in total. The van der Waals surface area contributed by atoms with E-state index in [2.05, 4.69) is 17.9 Å². The molecule has 0 aliphatic heterocycles. The SMILES string of the molecule is [CH2]C=NN. The summed E-state index contributed by atoms with van der Waals surface area (Å²) in [6, 6.07) is 0. The van der Waals surface area contributed by atoms with Crippen molar-refractivity contribution in [2.75, 3.05) is 0 Å². The summed E-state index contributed by atoms with van der Waals surface area (Å²) in [4.78, 5) is 0. The van der Waals surface area contributed by atoms with Gasteiger partial charge < -0.3 is 5.84 Å². The van der Waals surface area contributed by atoms with Crippen molar-refractivity contribution in [2.45, 2.75) is 0 Å². The van der Waals surface area contributed by atoms with Crippen LogP contribution in [0.5, 0.6) is 0 Å². The van der Waals surface area contributed by atoms with Crippen molar-refractivity contribution in [2.24, 2.45) is 10.9 Å². The van der Waals surface area contributed by atoms with Crippen LogP contribution in [0.25, 0.3) is 0 Å². The maximum absolute atomic E-state index is 4.53. The van der Waals surface area contributed by atoms with Crippen LogP contribution in [0.4, 0.5) is 0 Å². The standard InChI is InChI=1S/C2H5N2/c1-2-4-3/h2H,1,3H2. The Labute approximate surface area is 25.3 Å². The summed E-state index contributed by atoms with van der Waals surface area (Å²) in [7, 11) is 0. The van der Waals surface area contributed by atoms with E-state index in [-0.39, 0.29) is 0 Å². The highest BCUT2D eigenvalue weighted by Gasteiger charge is 1.32. The molecule has 0 atom stereocenters. The van der Waals surface area contributed by atoms with Crippen molar-refractivity contribution in [1.82, 2.24) is 0 Å². The van der Waals surface area contributed by atoms with Crippen LogP contribution in [0.1, 0.15) is 0 Å². The van der Waals surface area contributed by atoms with Crippen molar-refractivity contribution in [1.29, 1.82) is 0 Å². The molecule has 0 amide bonds. The van der Waals surface area contributed by atoms with Gasteiger partial charge >= 0.3 is 0 Å². The first-order valence-corrected chi connectivity index (χ1v) is 0.925. The lowest BCUT2D eigenvalue weighted by Gasteiger charge is -1.55. The van der Waals surface area contributed by atoms with Crippen molar-refractivity contribution in [3.63, 3.8) is 0 Å². The van der Waals surface area contributed by atoms with E-state index in [0.717, 1.165) is 0 Å². The molecule has 0 aliphatic rings. The van der Waals surface area contributed by atoms with E-state index < -0.39 is 0 Å². The summed E-state index contributed by atoms with van der Waals surface area (Å²) >= 11 is 0. The normalized spacial score (nSPS) is 9.25. The Kier molecular flexibility index (Phi) is 2.14. The Morgan fingerprint density at radius 3 is 2.25 bits per heavy atom. The largest absolute Gasteiger partial charge is 0.324 e. The molecule has 0 saturated carbocycles. The molecule has 0 spiro atoms. The third-order valence-corrected chi connectivity index (χ3v) is 0.105. The van der Waals surface area contributed by atoms with Crippen LogP contribution in [0, 0.1) is 6.92 Å². The van der Waals surface area contributed by atoms with Gasteiger partial charge in [-0.05, 0) is 6.92 Å². The van der Waals surface area contributed by atoms with Crippen molar-refractivity contribution >= 4 is 6.21 Å². The average molecular weight is 57.1 g/mol. The molecule has 0 heterocycles. The van der Waals surface area contributed by atoms with Crippen LogP contribution >= 0.6 is 0 Å². The van der Waals surface area contributed by atoms with E-state index in [1.54, 1.807) is 0 Å². The molecule has 0 aliphatic carbocycles. The second-order valence-corrected chi connectivity index (χ2v) is 0.332. The number of nitrogens with zero attached hydrogens (tertiary/aromatic N) is 1. The fraction of sp³-hybridized carbons (Fsp3) is 0. The summed E-state index contributed by atoms with van der Waals surface area (Å²) in [5.74, 6) is 4.53. The van der Waals surface area contributed by atoms with Crippen molar-refractivity contribution < 1.29 is 0 Å². The smallest absolute Gasteiger partial charge is 0.0243 e. The first kappa shape index (κ1) is 3.47. The van der Waals surface area contributed by atoms with Crippen LogP contribution in [-0.2, 0) is 0 Å². The second kappa shape index (κ2) is 2.47. The molecule has 0 rings (SSSR count). The summed E-state index contributed by atoms with van der Waals surface area (Å²) in [5, 5.41) is 3.00. The van der Waals surface area contributed by atoms with Gasteiger partial charge in [-0.25, -0.2) is 0 Å². The van der Waals surface area contributed by atoms with Gasteiger partial charge in [0.05, 0.1) is 0 Å². The third-order valence-electron chi connectivity index (χ3n) is 0.105. The predicted octanol–water partition coefficient (Wildman–Crippen LogP) is -0.235. The minimum atomic E-state index is 1.28. The van der Waals surface area contributed by atoms with E-state index in [4.69, 9.17) is 0 Å². The molecule has 0 saturated heterocycles. The summed E-state index contributed by atoms with van der Waals surface area (Å²) in [5.41, 5.74) is 0. The first-order chi connectivity index (χ1) is 1.91. The number of hydrazone groups is 1. The Hall–Kier alpha value is -0.530. The predicted molar refractivity (Wildman–Crippen MR) is 18.0 cm³/mol. The molecule has 4 heavy (non-hydrogen) atoms. The summed E-state index contributed by atoms with van der Waals surface area (Å²) < 4.78 is 0. The van der Waals surface area contributed by atoms with E-state index in [1.165, 1.54) is 6.21 Å². The Morgan fingerprint density at radius 1 is 2.00 bits per heavy atom. The van der Waals surface area contributed by atoms with Crippen molar-refractivity contribution in [3.05, 3.63) is 6.92 Å². The molecule has 0 aromatic heterocycles. The molecular formula is C2H5N2. The van der Waals surface area contributed by atoms with Gasteiger partial charge in [0, 0.05) is 6.21 Å². The topological polar surface area (TPSA) is 38.4 Å². The molecule has 0 unspecified atom stereocenters. The van der Waals surface area contributed by atoms with Gasteiger partial charge in [-0.3, -0.25) is 0 Å². The zero-order valence-electron chi connectivity index (χ0n) is 2.31. The first-order valence-electron chi connectivity index (χ1n) is 0.925. The van der Waals surface area contributed by atoms with Gasteiger partial charge in [-0.15, -0.1) is 0 Å². The molecule has 2 nitrogen and oxygen atoms in total. The lowest BCUT2D eigenvalue weighted by molar-refractivity contribution is 1.27. The van der Waals surface area contributed by atoms with Gasteiger partial charge in [0.1, 0.15) is 0 Å². The van der Waals surface area contributed by atoms with Gasteiger partial charge in [0.15, 0.2) is 0 Å². The molecule has 0 bridgehead atoms. The fourth-order valence-electron chi connectivity index (χ4n) is 0. The molecule has 0 aromatic rings. The lowest BCUT2D eigenvalue weighted by atomic mass is 10.9. The van der Waals surface area contributed by atoms with Crippen LogP contribution in [-0.4, -0.2) is 6.21 Å². The Bertz CT molecular complexity index is 19.2. The molecule has 0 fully saturated rings. The fourth-order valence-corrected chi connectivity index (χ4v) is 0. The molecule has 2 heteroatoms. The highest BCUT2D eigenvalue weighted by molar-refractivity contribution is 5.60. The third kappa shape index (κ3) is 1.47. The molecule has 1 radical (unpaired) electrons. The van der Waals surface area contributed by atoms with E-state index in [1.807, 2.05) is 0 Å². The monoisotopic (exact) mass is 57.0 g/mol. The second-order valence-electron chi connectivity index (χ2n) is 0.332. The molecule has 23 valence electrons. The number of nitrogens with two attached hydrogens (primary N) is 1. The summed E-state index contributed by atoms with van der Waals surface area (Å²) in [6.07, 6.45) is 1.28. The maximum Gasteiger partial charge on any atom is 0.0243 e. The van der Waals surface area contributed by atoms with Crippen molar-refractivity contribution in [3.8, 4) is 0 Å².